The average molecular weight is 593 g/mol. The standard InChI is InChI=1S/C39H32N2O2S/c1-41(2)22-21-39(43,33-17-10-15-26-11-6-8-16-31(26)33)37(27-12-4-3-5-13-27)32-24-30-23-29(19-20-34(30)40-38(32)42)36-25-28-14-7-9-18-35(28)44-36/h3-9,11-16,18-20,23-25,37,43H,21-22H2,1-2H3,(H,40,42). The Morgan fingerprint density at radius 1 is 0.864 bits per heavy atom. The van der Waals surface area contributed by atoms with Gasteiger partial charge in [-0.2, -0.15) is 0 Å². The lowest BCUT2D eigenvalue weighted by Gasteiger charge is -2.39. The van der Waals surface area contributed by atoms with Crippen molar-refractivity contribution < 1.29 is 10.2 Å². The normalized spacial score (nSPS) is 14.5. The van der Waals surface area contributed by atoms with Gasteiger partial charge in [-0.15, -0.1) is 11.3 Å². The number of aromatic hydroxyl groups is 1. The lowest BCUT2D eigenvalue weighted by molar-refractivity contribution is 0.0660. The quantitative estimate of drug-likeness (QED) is 0.174. The fourth-order valence-electron chi connectivity index (χ4n) is 6.28. The van der Waals surface area contributed by atoms with Gasteiger partial charge in [0.1, 0.15) is 5.60 Å². The molecule has 6 aromatic rings. The highest BCUT2D eigenvalue weighted by molar-refractivity contribution is 7.22. The number of aromatic nitrogens is 1. The van der Waals surface area contributed by atoms with Gasteiger partial charge in [-0.1, -0.05) is 90.3 Å². The summed E-state index contributed by atoms with van der Waals surface area (Å²) >= 11 is 1.76. The minimum Gasteiger partial charge on any atom is -0.493 e. The van der Waals surface area contributed by atoms with Crippen molar-refractivity contribution >= 4 is 44.0 Å². The van der Waals surface area contributed by atoms with E-state index in [1.165, 1.54) is 15.0 Å². The molecule has 0 fully saturated rings. The molecule has 0 saturated heterocycles. The average Bonchev–Trinajstić information content (AvgIpc) is 3.49. The molecule has 2 heterocycles. The van der Waals surface area contributed by atoms with Crippen molar-refractivity contribution in [2.24, 2.45) is 0 Å². The molecule has 4 nitrogen and oxygen atoms in total. The Labute approximate surface area is 261 Å². The molecule has 5 heteroatoms. The van der Waals surface area contributed by atoms with Crippen LogP contribution in [0.1, 0.15) is 34.6 Å². The number of pyridine rings is 1. The van der Waals surface area contributed by atoms with E-state index in [9.17, 15) is 10.2 Å². The van der Waals surface area contributed by atoms with Crippen LogP contribution in [0.4, 0.5) is 0 Å². The first-order valence-corrected chi connectivity index (χ1v) is 15.6. The van der Waals surface area contributed by atoms with E-state index in [1.54, 1.807) is 11.3 Å². The van der Waals surface area contributed by atoms with Gasteiger partial charge in [0, 0.05) is 38.6 Å². The first-order valence-electron chi connectivity index (χ1n) is 14.8. The molecule has 0 saturated carbocycles. The molecule has 0 aliphatic heterocycles. The first kappa shape index (κ1) is 28.1. The van der Waals surface area contributed by atoms with Crippen molar-refractivity contribution in [3.63, 3.8) is 0 Å². The summed E-state index contributed by atoms with van der Waals surface area (Å²) in [7, 11) is 4.00. The third-order valence-electron chi connectivity index (χ3n) is 8.48. The van der Waals surface area contributed by atoms with Crippen LogP contribution in [0.3, 0.4) is 0 Å². The lowest BCUT2D eigenvalue weighted by Crippen LogP contribution is -2.41. The smallest absolute Gasteiger partial charge is 0.215 e. The van der Waals surface area contributed by atoms with Crippen molar-refractivity contribution in [1.29, 1.82) is 0 Å². The number of hydrogen-bond donors (Lipinski definition) is 2. The van der Waals surface area contributed by atoms with E-state index < -0.39 is 11.5 Å². The summed E-state index contributed by atoms with van der Waals surface area (Å²) < 4.78 is 1.24. The van der Waals surface area contributed by atoms with Crippen molar-refractivity contribution in [3.05, 3.63) is 143 Å². The van der Waals surface area contributed by atoms with E-state index in [-0.39, 0.29) is 5.88 Å². The van der Waals surface area contributed by atoms with Crippen LogP contribution in [0, 0.1) is 0 Å². The Kier molecular flexibility index (Phi) is 7.27. The van der Waals surface area contributed by atoms with Crippen LogP contribution in [0.2, 0.25) is 0 Å². The van der Waals surface area contributed by atoms with Gasteiger partial charge >= 0.3 is 0 Å². The second kappa shape index (κ2) is 11.4. The van der Waals surface area contributed by atoms with Crippen LogP contribution in [0.5, 0.6) is 5.88 Å². The highest BCUT2D eigenvalue weighted by Crippen LogP contribution is 2.49. The lowest BCUT2D eigenvalue weighted by atomic mass is 9.69. The SMILES string of the molecule is CN(C)CCC(O)(C1=C=C=Cc2ccccc21)C(c1ccccc1)c1cc2cc(-c3cc4ccccc4s3)ccc2nc1O. The number of hydrogen-bond acceptors (Lipinski definition) is 5. The third kappa shape index (κ3) is 5.08. The predicted molar refractivity (Wildman–Crippen MR) is 182 cm³/mol. The number of rotatable bonds is 8. The maximum atomic E-state index is 13.1. The van der Waals surface area contributed by atoms with E-state index in [0.29, 0.717) is 29.6 Å². The zero-order valence-electron chi connectivity index (χ0n) is 24.7. The second-order valence-electron chi connectivity index (χ2n) is 11.7. The molecule has 44 heavy (non-hydrogen) atoms. The van der Waals surface area contributed by atoms with Gasteiger partial charge in [0.25, 0.3) is 0 Å². The van der Waals surface area contributed by atoms with Crippen LogP contribution in [-0.4, -0.2) is 46.3 Å². The zero-order valence-corrected chi connectivity index (χ0v) is 25.5. The third-order valence-corrected chi connectivity index (χ3v) is 9.65. The molecule has 2 N–H and O–H groups in total. The Morgan fingerprint density at radius 2 is 1.64 bits per heavy atom. The van der Waals surface area contributed by atoms with Gasteiger partial charge in [-0.05, 0) is 84.6 Å². The number of nitrogens with zero attached hydrogens (tertiary/aromatic N) is 2. The molecule has 2 unspecified atom stereocenters. The van der Waals surface area contributed by atoms with Gasteiger partial charge in [0.15, 0.2) is 0 Å². The molecule has 216 valence electrons. The highest BCUT2D eigenvalue weighted by Gasteiger charge is 2.45. The summed E-state index contributed by atoms with van der Waals surface area (Å²) in [6.07, 6.45) is 2.30. The van der Waals surface area contributed by atoms with Crippen LogP contribution in [0.25, 0.3) is 43.1 Å². The summed E-state index contributed by atoms with van der Waals surface area (Å²) in [5.74, 6) is -0.725. The number of fused-ring (bicyclic) bond motifs is 3. The molecule has 2 atom stereocenters. The maximum Gasteiger partial charge on any atom is 0.215 e. The van der Waals surface area contributed by atoms with Crippen LogP contribution < -0.4 is 0 Å². The summed E-state index contributed by atoms with van der Waals surface area (Å²) in [4.78, 5) is 7.92. The van der Waals surface area contributed by atoms with Gasteiger partial charge in [0.05, 0.1) is 5.52 Å². The van der Waals surface area contributed by atoms with Gasteiger partial charge in [-0.3, -0.25) is 0 Å². The van der Waals surface area contributed by atoms with Crippen molar-refractivity contribution in [2.75, 3.05) is 20.6 Å². The Hall–Kier alpha value is -4.73. The van der Waals surface area contributed by atoms with E-state index in [0.717, 1.165) is 27.6 Å². The van der Waals surface area contributed by atoms with Gasteiger partial charge < -0.3 is 15.1 Å². The van der Waals surface area contributed by atoms with Crippen LogP contribution in [-0.2, 0) is 0 Å². The monoisotopic (exact) mass is 592 g/mol. The number of thiophene rings is 1. The minimum atomic E-state index is -1.45. The molecule has 0 amide bonds. The Balaban J connectivity index is 1.44. The summed E-state index contributed by atoms with van der Waals surface area (Å²) in [6, 6.07) is 36.7. The van der Waals surface area contributed by atoms with E-state index in [4.69, 9.17) is 0 Å². The Morgan fingerprint density at radius 3 is 2.45 bits per heavy atom. The van der Waals surface area contributed by atoms with Crippen LogP contribution in [0.15, 0.2) is 121 Å². The predicted octanol–water partition coefficient (Wildman–Crippen LogP) is 8.50. The van der Waals surface area contributed by atoms with Gasteiger partial charge in [-0.25, -0.2) is 4.98 Å². The van der Waals surface area contributed by atoms with E-state index in [1.807, 2.05) is 86.9 Å². The largest absolute Gasteiger partial charge is 0.493 e. The zero-order chi connectivity index (χ0) is 30.3. The summed E-state index contributed by atoms with van der Waals surface area (Å²) in [5.41, 5.74) is 10.8. The van der Waals surface area contributed by atoms with E-state index >= 15 is 0 Å². The number of benzene rings is 4. The maximum absolute atomic E-state index is 13.1. The molecule has 0 bridgehead atoms. The summed E-state index contributed by atoms with van der Waals surface area (Å²) in [6.45, 7) is 0.620. The molecular formula is C39H32N2O2S. The van der Waals surface area contributed by atoms with Gasteiger partial charge in [0.2, 0.25) is 5.88 Å². The molecular weight excluding hydrogens is 561 g/mol. The molecule has 0 spiro atoms. The fourth-order valence-corrected chi connectivity index (χ4v) is 7.34. The van der Waals surface area contributed by atoms with Crippen LogP contribution >= 0.6 is 11.3 Å². The molecule has 4 aromatic carbocycles. The van der Waals surface area contributed by atoms with E-state index in [2.05, 4.69) is 63.8 Å². The molecule has 1 aliphatic carbocycles. The molecule has 0 radical (unpaired) electrons. The second-order valence-corrected chi connectivity index (χ2v) is 12.7. The topological polar surface area (TPSA) is 56.6 Å². The fraction of sp³-hybridized carbons (Fsp3) is 0.154. The molecule has 1 aliphatic rings. The van der Waals surface area contributed by atoms with Crippen molar-refractivity contribution in [1.82, 2.24) is 9.88 Å². The van der Waals surface area contributed by atoms with Crippen molar-refractivity contribution in [3.8, 4) is 16.3 Å². The van der Waals surface area contributed by atoms with Crippen molar-refractivity contribution in [2.45, 2.75) is 17.9 Å². The highest BCUT2D eigenvalue weighted by atomic mass is 32.1. The summed E-state index contributed by atoms with van der Waals surface area (Å²) in [5, 5.41) is 26.8. The minimum absolute atomic E-state index is 0.0894. The number of aliphatic hydroxyl groups is 1. The molecule has 7 rings (SSSR count). The Bertz CT molecular complexity index is 2080. The molecule has 2 aromatic heterocycles. The first-order chi connectivity index (χ1) is 21.4.